The zero-order valence-electron chi connectivity index (χ0n) is 11.0. The standard InChI is InChI=1S/C12H22O6Se/c13-11(14)9-17-5-1-3-7-19-8-4-2-6-18-10-12(15)16/h1-10H2,(H,13,14)(H,15,16). The first-order valence-corrected chi connectivity index (χ1v) is 8.72. The number of hydrogen-bond acceptors (Lipinski definition) is 4. The summed E-state index contributed by atoms with van der Waals surface area (Å²) in [5, 5.41) is 19.0. The van der Waals surface area contributed by atoms with Crippen LogP contribution in [0.2, 0.25) is 10.6 Å². The van der Waals surface area contributed by atoms with E-state index in [0.717, 1.165) is 25.7 Å². The summed E-state index contributed by atoms with van der Waals surface area (Å²) in [4.78, 5) is 20.3. The Balaban J connectivity index is 2.99. The molecule has 0 amide bonds. The predicted octanol–water partition coefficient (Wildman–Crippen LogP) is 1.29. The third-order valence-electron chi connectivity index (χ3n) is 2.11. The Morgan fingerprint density at radius 1 is 0.789 bits per heavy atom. The quantitative estimate of drug-likeness (QED) is 0.365. The van der Waals surface area contributed by atoms with Gasteiger partial charge in [-0.2, -0.15) is 0 Å². The molecule has 0 spiro atoms. The molecule has 0 aromatic heterocycles. The second kappa shape index (κ2) is 13.8. The zero-order chi connectivity index (χ0) is 14.3. The van der Waals surface area contributed by atoms with E-state index in [1.165, 1.54) is 10.6 Å². The van der Waals surface area contributed by atoms with Crippen molar-refractivity contribution in [2.75, 3.05) is 26.4 Å². The molecule has 0 aromatic rings. The van der Waals surface area contributed by atoms with Crippen molar-refractivity contribution in [3.05, 3.63) is 0 Å². The van der Waals surface area contributed by atoms with Crippen LogP contribution in [0.3, 0.4) is 0 Å². The van der Waals surface area contributed by atoms with Crippen molar-refractivity contribution >= 4 is 26.9 Å². The Labute approximate surface area is 119 Å². The van der Waals surface area contributed by atoms with Crippen molar-refractivity contribution in [2.24, 2.45) is 0 Å². The van der Waals surface area contributed by atoms with Crippen LogP contribution in [0.25, 0.3) is 0 Å². The van der Waals surface area contributed by atoms with Crippen LogP contribution in [0, 0.1) is 0 Å². The van der Waals surface area contributed by atoms with Gasteiger partial charge in [0, 0.05) is 0 Å². The molecule has 0 aromatic carbocycles. The Hall–Kier alpha value is -0.621. The van der Waals surface area contributed by atoms with Crippen LogP contribution in [0.1, 0.15) is 25.7 Å². The zero-order valence-corrected chi connectivity index (χ0v) is 12.7. The van der Waals surface area contributed by atoms with Crippen molar-refractivity contribution in [2.45, 2.75) is 36.3 Å². The van der Waals surface area contributed by atoms with Crippen LogP contribution in [0.5, 0.6) is 0 Å². The Kier molecular flexibility index (Phi) is 13.4. The van der Waals surface area contributed by atoms with E-state index in [0.29, 0.717) is 28.2 Å². The fraction of sp³-hybridized carbons (Fsp3) is 0.833. The molecule has 0 saturated heterocycles. The van der Waals surface area contributed by atoms with Crippen LogP contribution >= 0.6 is 0 Å². The molecule has 0 saturated carbocycles. The van der Waals surface area contributed by atoms with Crippen LogP contribution in [0.15, 0.2) is 0 Å². The number of carbonyl (C=O) groups is 2. The molecule has 0 heterocycles. The molecule has 0 radical (unpaired) electrons. The molecule has 112 valence electrons. The van der Waals surface area contributed by atoms with Gasteiger partial charge in [0.15, 0.2) is 0 Å². The number of aliphatic carboxylic acids is 2. The summed E-state index contributed by atoms with van der Waals surface area (Å²) in [5.41, 5.74) is 0. The van der Waals surface area contributed by atoms with Gasteiger partial charge in [-0.25, -0.2) is 0 Å². The number of unbranched alkanes of at least 4 members (excludes halogenated alkanes) is 2. The Morgan fingerprint density at radius 2 is 1.21 bits per heavy atom. The minimum absolute atomic E-state index is 0.207. The van der Waals surface area contributed by atoms with Crippen LogP contribution in [-0.2, 0) is 19.1 Å². The van der Waals surface area contributed by atoms with Gasteiger partial charge in [-0.1, -0.05) is 0 Å². The van der Waals surface area contributed by atoms with Crippen LogP contribution in [-0.4, -0.2) is 63.5 Å². The summed E-state index contributed by atoms with van der Waals surface area (Å²) in [7, 11) is 0. The maximum atomic E-state index is 10.2. The molecule has 0 rings (SSSR count). The predicted molar refractivity (Wildman–Crippen MR) is 70.7 cm³/mol. The van der Waals surface area contributed by atoms with Gasteiger partial charge in [-0.3, -0.25) is 0 Å². The first-order chi connectivity index (χ1) is 9.13. The minimum atomic E-state index is -0.922. The van der Waals surface area contributed by atoms with Crippen molar-refractivity contribution in [1.29, 1.82) is 0 Å². The van der Waals surface area contributed by atoms with E-state index in [2.05, 4.69) is 0 Å². The van der Waals surface area contributed by atoms with Crippen molar-refractivity contribution in [3.63, 3.8) is 0 Å². The van der Waals surface area contributed by atoms with Gasteiger partial charge < -0.3 is 0 Å². The monoisotopic (exact) mass is 342 g/mol. The summed E-state index contributed by atoms with van der Waals surface area (Å²) < 4.78 is 9.86. The summed E-state index contributed by atoms with van der Waals surface area (Å²) in [6, 6.07) is 0. The number of rotatable bonds is 14. The fourth-order valence-corrected chi connectivity index (χ4v) is 3.38. The van der Waals surface area contributed by atoms with E-state index in [1.807, 2.05) is 0 Å². The number of carboxylic acids is 2. The van der Waals surface area contributed by atoms with Gasteiger partial charge >= 0.3 is 119 Å². The van der Waals surface area contributed by atoms with Gasteiger partial charge in [0.1, 0.15) is 0 Å². The van der Waals surface area contributed by atoms with Gasteiger partial charge in [0.2, 0.25) is 0 Å². The Morgan fingerprint density at radius 3 is 1.58 bits per heavy atom. The number of hydrogen-bond donors (Lipinski definition) is 2. The molecule has 0 aliphatic heterocycles. The molecular formula is C12H22O6Se. The SMILES string of the molecule is O=C(O)COCCCC[Se]CCCCOCC(=O)O. The molecule has 0 unspecified atom stereocenters. The molecule has 0 bridgehead atoms. The molecule has 0 aliphatic rings. The van der Waals surface area contributed by atoms with Gasteiger partial charge in [0.25, 0.3) is 0 Å². The van der Waals surface area contributed by atoms with E-state index in [4.69, 9.17) is 19.7 Å². The molecule has 2 N–H and O–H groups in total. The number of carboxylic acid groups (broad SMARTS) is 2. The molecule has 0 fully saturated rings. The molecule has 19 heavy (non-hydrogen) atoms. The fourth-order valence-electron chi connectivity index (χ4n) is 1.24. The van der Waals surface area contributed by atoms with Gasteiger partial charge in [-0.05, 0) is 0 Å². The van der Waals surface area contributed by atoms with Gasteiger partial charge in [-0.15, -0.1) is 0 Å². The first kappa shape index (κ1) is 18.4. The van der Waals surface area contributed by atoms with Crippen molar-refractivity contribution in [3.8, 4) is 0 Å². The van der Waals surface area contributed by atoms with E-state index in [1.54, 1.807) is 0 Å². The normalized spacial score (nSPS) is 10.5. The second-order valence-electron chi connectivity index (χ2n) is 3.92. The van der Waals surface area contributed by atoms with Crippen molar-refractivity contribution < 1.29 is 29.3 Å². The maximum absolute atomic E-state index is 10.2. The molecule has 0 aliphatic carbocycles. The summed E-state index contributed by atoms with van der Waals surface area (Å²) >= 11 is 0.611. The van der Waals surface area contributed by atoms with E-state index >= 15 is 0 Å². The van der Waals surface area contributed by atoms with E-state index in [-0.39, 0.29) is 13.2 Å². The molecule has 0 atom stereocenters. The number of ether oxygens (including phenoxy) is 2. The molecule has 7 heteroatoms. The van der Waals surface area contributed by atoms with Crippen molar-refractivity contribution in [1.82, 2.24) is 0 Å². The Bertz CT molecular complexity index is 222. The van der Waals surface area contributed by atoms with Gasteiger partial charge in [0.05, 0.1) is 0 Å². The average molecular weight is 341 g/mol. The first-order valence-electron chi connectivity index (χ1n) is 6.29. The topological polar surface area (TPSA) is 93.1 Å². The summed E-state index contributed by atoms with van der Waals surface area (Å²) in [5.74, 6) is -1.84. The van der Waals surface area contributed by atoms with Crippen LogP contribution in [0.4, 0.5) is 0 Å². The third-order valence-corrected chi connectivity index (χ3v) is 4.53. The third kappa shape index (κ3) is 17.4. The van der Waals surface area contributed by atoms with Crippen LogP contribution < -0.4 is 0 Å². The molecule has 6 nitrogen and oxygen atoms in total. The summed E-state index contributed by atoms with van der Waals surface area (Å²) in [6.07, 6.45) is 3.98. The average Bonchev–Trinajstić information content (AvgIpc) is 2.34. The van der Waals surface area contributed by atoms with E-state index in [9.17, 15) is 9.59 Å². The van der Waals surface area contributed by atoms with E-state index < -0.39 is 11.9 Å². The second-order valence-corrected chi connectivity index (χ2v) is 6.49. The molecular weight excluding hydrogens is 319 g/mol. The summed E-state index contributed by atoms with van der Waals surface area (Å²) in [6.45, 7) is 0.625.